The smallest absolute Gasteiger partial charge is 0.333 e. The van der Waals surface area contributed by atoms with Gasteiger partial charge in [-0.25, -0.2) is 18.6 Å². The predicted molar refractivity (Wildman–Crippen MR) is 206 cm³/mol. The lowest BCUT2D eigenvalue weighted by Crippen LogP contribution is -2.34. The Morgan fingerprint density at radius 2 is 1.86 bits per heavy atom. The fourth-order valence-corrected chi connectivity index (χ4v) is 7.80. The third-order valence-electron chi connectivity index (χ3n) is 7.96. The molecule has 13 heteroatoms. The standard InChI is InChI=1S/C37H41BrF2N4O4S2/c1-5-47-35(46)23(2)19-24-7-6-8-25(20-24)37(3,12-15-49-17-18-50-16-14-45)36(41)44-34(42-4)28-21-26(9-10-29(28)39)48-33-30(40)22-31-27(32(33)38)11-13-43-31/h6-11,13,19-22,43,45H,5,12,14-18H2,1-4H3,(H2,41,42,44)/b23-19+. The molecule has 3 aromatic carbocycles. The second-order valence-corrected chi connectivity index (χ2v) is 14.7. The molecule has 0 bridgehead atoms. The van der Waals surface area contributed by atoms with Crippen LogP contribution < -0.4 is 10.1 Å². The van der Waals surface area contributed by atoms with Crippen molar-refractivity contribution in [1.29, 1.82) is 5.41 Å². The molecule has 4 aromatic rings. The van der Waals surface area contributed by atoms with Crippen LogP contribution in [0.15, 0.2) is 75.8 Å². The highest BCUT2D eigenvalue weighted by molar-refractivity contribution is 9.10. The van der Waals surface area contributed by atoms with E-state index in [1.807, 2.05) is 31.2 Å². The van der Waals surface area contributed by atoms with Crippen molar-refractivity contribution in [2.45, 2.75) is 32.6 Å². The SMILES string of the molecule is CCOC(=O)/C(C)=C/c1cccc(C(C)(CCSCCSCCO)C(=N)/N=C(\NC)c2cc(Oc3c(F)cc4[nH]ccc4c3Br)ccc2F)c1. The number of carbonyl (C=O) groups excluding carboxylic acids is 1. The van der Waals surface area contributed by atoms with Crippen LogP contribution in [0.2, 0.25) is 0 Å². The topological polar surface area (TPSA) is 120 Å². The Hall–Kier alpha value is -3.65. The monoisotopic (exact) mass is 786 g/mol. The number of aliphatic imine (C=N–C) groups is 1. The molecular formula is C37H41BrF2N4O4S2. The van der Waals surface area contributed by atoms with E-state index < -0.39 is 23.0 Å². The Morgan fingerprint density at radius 1 is 1.10 bits per heavy atom. The maximum absolute atomic E-state index is 15.4. The Kier molecular flexibility index (Phi) is 14.5. The van der Waals surface area contributed by atoms with Crippen LogP contribution in [-0.2, 0) is 14.9 Å². The molecule has 50 heavy (non-hydrogen) atoms. The normalized spacial score (nSPS) is 13.3. The number of halogens is 3. The van der Waals surface area contributed by atoms with Crippen LogP contribution in [0.1, 0.15) is 43.9 Å². The molecule has 8 nitrogen and oxygen atoms in total. The summed E-state index contributed by atoms with van der Waals surface area (Å²) in [7, 11) is 1.59. The van der Waals surface area contributed by atoms with Gasteiger partial charge in [0, 0.05) is 53.0 Å². The number of thioether (sulfide) groups is 2. The molecular weight excluding hydrogens is 746 g/mol. The van der Waals surface area contributed by atoms with E-state index in [-0.39, 0.29) is 41.9 Å². The molecule has 0 saturated heterocycles. The maximum atomic E-state index is 15.4. The van der Waals surface area contributed by atoms with Crippen molar-refractivity contribution in [2.24, 2.45) is 4.99 Å². The number of fused-ring (bicyclic) bond motifs is 1. The molecule has 1 atom stereocenters. The molecule has 1 heterocycles. The first-order valence-electron chi connectivity index (χ1n) is 16.0. The van der Waals surface area contributed by atoms with Gasteiger partial charge in [-0.2, -0.15) is 23.5 Å². The highest BCUT2D eigenvalue weighted by Crippen LogP contribution is 2.39. The van der Waals surface area contributed by atoms with Crippen LogP contribution in [0.5, 0.6) is 11.5 Å². The highest BCUT2D eigenvalue weighted by atomic mass is 79.9. The summed E-state index contributed by atoms with van der Waals surface area (Å²) < 4.78 is 41.9. The van der Waals surface area contributed by atoms with E-state index in [4.69, 9.17) is 14.6 Å². The van der Waals surface area contributed by atoms with Gasteiger partial charge in [-0.05, 0) is 90.3 Å². The summed E-state index contributed by atoms with van der Waals surface area (Å²) in [6, 6.07) is 14.8. The number of ether oxygens (including phenoxy) is 2. The fraction of sp³-hybridized carbons (Fsp3) is 0.324. The van der Waals surface area contributed by atoms with Crippen molar-refractivity contribution in [2.75, 3.05) is 43.3 Å². The number of aromatic amines is 1. The number of nitrogens with zero attached hydrogens (tertiary/aromatic N) is 1. The maximum Gasteiger partial charge on any atom is 0.333 e. The van der Waals surface area contributed by atoms with Crippen molar-refractivity contribution >= 4 is 74.1 Å². The zero-order valence-corrected chi connectivity index (χ0v) is 31.6. The number of rotatable bonds is 16. The summed E-state index contributed by atoms with van der Waals surface area (Å²) in [4.78, 5) is 19.9. The number of amidine groups is 2. The third-order valence-corrected chi connectivity index (χ3v) is 11.0. The van der Waals surface area contributed by atoms with Crippen LogP contribution in [0.4, 0.5) is 8.78 Å². The molecule has 0 aliphatic rings. The van der Waals surface area contributed by atoms with Gasteiger partial charge in [0.1, 0.15) is 23.2 Å². The molecule has 266 valence electrons. The number of hydrogen-bond donors (Lipinski definition) is 4. The van der Waals surface area contributed by atoms with E-state index in [0.29, 0.717) is 33.5 Å². The van der Waals surface area contributed by atoms with Gasteiger partial charge in [0.2, 0.25) is 0 Å². The van der Waals surface area contributed by atoms with Gasteiger partial charge in [0.25, 0.3) is 0 Å². The number of aliphatic hydroxyl groups excluding tert-OH is 1. The first-order valence-corrected chi connectivity index (χ1v) is 19.1. The van der Waals surface area contributed by atoms with Crippen LogP contribution in [0.25, 0.3) is 17.0 Å². The number of esters is 1. The van der Waals surface area contributed by atoms with Crippen molar-refractivity contribution in [3.05, 3.63) is 99.2 Å². The van der Waals surface area contributed by atoms with Crippen molar-refractivity contribution in [1.82, 2.24) is 10.3 Å². The molecule has 1 aromatic heterocycles. The van der Waals surface area contributed by atoms with Gasteiger partial charge in [-0.15, -0.1) is 0 Å². The summed E-state index contributed by atoms with van der Waals surface area (Å²) in [6.07, 6.45) is 3.99. The number of carbonyl (C=O) groups is 1. The minimum atomic E-state index is -0.903. The number of nitrogens with one attached hydrogen (secondary N) is 3. The van der Waals surface area contributed by atoms with Gasteiger partial charge < -0.3 is 24.9 Å². The number of hydrogen-bond acceptors (Lipinski definition) is 7. The van der Waals surface area contributed by atoms with Gasteiger partial charge in [-0.3, -0.25) is 5.41 Å². The first-order chi connectivity index (χ1) is 24.0. The van der Waals surface area contributed by atoms with E-state index in [1.165, 1.54) is 24.3 Å². The lowest BCUT2D eigenvalue weighted by atomic mass is 9.78. The number of H-pyrrole nitrogens is 1. The largest absolute Gasteiger partial charge is 0.463 e. The van der Waals surface area contributed by atoms with Gasteiger partial charge in [-0.1, -0.05) is 24.3 Å². The van der Waals surface area contributed by atoms with Gasteiger partial charge in [0.05, 0.1) is 28.7 Å². The summed E-state index contributed by atoms with van der Waals surface area (Å²) in [5, 5.41) is 22.1. The van der Waals surface area contributed by atoms with E-state index in [0.717, 1.165) is 28.0 Å². The number of benzene rings is 3. The molecule has 0 radical (unpaired) electrons. The van der Waals surface area contributed by atoms with Crippen molar-refractivity contribution in [3.63, 3.8) is 0 Å². The lowest BCUT2D eigenvalue weighted by Gasteiger charge is -2.30. The van der Waals surface area contributed by atoms with Crippen LogP contribution >= 0.6 is 39.5 Å². The molecule has 0 fully saturated rings. The summed E-state index contributed by atoms with van der Waals surface area (Å²) in [5.41, 5.74) is 1.77. The molecule has 0 spiro atoms. The zero-order valence-electron chi connectivity index (χ0n) is 28.4. The molecule has 1 unspecified atom stereocenters. The van der Waals surface area contributed by atoms with E-state index in [9.17, 15) is 10.2 Å². The first kappa shape index (κ1) is 39.1. The van der Waals surface area contributed by atoms with Crippen molar-refractivity contribution < 1.29 is 28.2 Å². The molecule has 0 amide bonds. The Labute approximate surface area is 308 Å². The Morgan fingerprint density at radius 3 is 2.58 bits per heavy atom. The average Bonchev–Trinajstić information content (AvgIpc) is 3.58. The van der Waals surface area contributed by atoms with Gasteiger partial charge >= 0.3 is 5.97 Å². The minimum Gasteiger partial charge on any atom is -0.463 e. The van der Waals surface area contributed by atoms with Crippen LogP contribution in [-0.4, -0.2) is 71.0 Å². The quantitative estimate of drug-likeness (QED) is 0.0295. The van der Waals surface area contributed by atoms with Crippen LogP contribution in [0, 0.1) is 17.0 Å². The van der Waals surface area contributed by atoms with Gasteiger partial charge in [0.15, 0.2) is 11.6 Å². The molecule has 0 aliphatic heterocycles. The number of aromatic nitrogens is 1. The van der Waals surface area contributed by atoms with E-state index >= 15 is 8.78 Å². The lowest BCUT2D eigenvalue weighted by molar-refractivity contribution is -0.138. The highest BCUT2D eigenvalue weighted by Gasteiger charge is 2.33. The van der Waals surface area contributed by atoms with E-state index in [1.54, 1.807) is 62.8 Å². The molecule has 0 saturated carbocycles. The summed E-state index contributed by atoms with van der Waals surface area (Å²) >= 11 is 6.86. The second-order valence-electron chi connectivity index (χ2n) is 11.4. The Balaban J connectivity index is 1.67. The Bertz CT molecular complexity index is 1880. The number of aliphatic hydroxyl groups is 1. The molecule has 0 aliphatic carbocycles. The summed E-state index contributed by atoms with van der Waals surface area (Å²) in [6.45, 7) is 5.79. The van der Waals surface area contributed by atoms with E-state index in [2.05, 4.69) is 31.2 Å². The van der Waals surface area contributed by atoms with Crippen LogP contribution in [0.3, 0.4) is 0 Å². The predicted octanol–water partition coefficient (Wildman–Crippen LogP) is 8.72. The minimum absolute atomic E-state index is 0.00207. The third kappa shape index (κ3) is 9.77. The van der Waals surface area contributed by atoms with Crippen molar-refractivity contribution in [3.8, 4) is 11.5 Å². The summed E-state index contributed by atoms with van der Waals surface area (Å²) in [5.74, 6) is 1.82. The molecule has 4 N–H and O–H groups in total. The second kappa shape index (κ2) is 18.5. The molecule has 4 rings (SSSR count). The average molecular weight is 788 g/mol. The zero-order chi connectivity index (χ0) is 36.3. The fourth-order valence-electron chi connectivity index (χ4n) is 5.15.